The number of anilines is 1. The van der Waals surface area contributed by atoms with E-state index in [2.05, 4.69) is 22.5 Å². The number of carbonyl (C=O) groups excluding carboxylic acids is 3. The first-order valence-electron chi connectivity index (χ1n) is 12.5. The van der Waals surface area contributed by atoms with Gasteiger partial charge in [0.15, 0.2) is 0 Å². The van der Waals surface area contributed by atoms with Crippen LogP contribution in [0.4, 0.5) is 9.80 Å². The van der Waals surface area contributed by atoms with Crippen molar-refractivity contribution in [2.45, 2.75) is 57.9 Å². The summed E-state index contributed by atoms with van der Waals surface area (Å²) in [4.78, 5) is 40.6. The maximum absolute atomic E-state index is 13.1. The Morgan fingerprint density at radius 1 is 1.08 bits per heavy atom. The number of hydrogen-bond donors (Lipinski definition) is 3. The third-order valence-electron chi connectivity index (χ3n) is 6.23. The van der Waals surface area contributed by atoms with Crippen LogP contribution in [0.25, 0.3) is 0 Å². The number of thiophene rings is 1. The summed E-state index contributed by atoms with van der Waals surface area (Å²) in [6.45, 7) is 9.04. The summed E-state index contributed by atoms with van der Waals surface area (Å²) >= 11 is 1.30. The van der Waals surface area contributed by atoms with Crippen LogP contribution in [0.15, 0.2) is 29.2 Å². The van der Waals surface area contributed by atoms with Gasteiger partial charge in [0, 0.05) is 36.6 Å². The summed E-state index contributed by atoms with van der Waals surface area (Å²) in [5.41, 5.74) is 6.47. The lowest BCUT2D eigenvalue weighted by atomic mass is 10.0. The molecule has 12 heteroatoms. The van der Waals surface area contributed by atoms with E-state index in [1.807, 2.05) is 6.92 Å². The molecule has 1 aromatic carbocycles. The van der Waals surface area contributed by atoms with Crippen molar-refractivity contribution in [1.29, 1.82) is 0 Å². The predicted octanol–water partition coefficient (Wildman–Crippen LogP) is 3.39. The van der Waals surface area contributed by atoms with Crippen molar-refractivity contribution in [2.24, 2.45) is 5.73 Å². The summed E-state index contributed by atoms with van der Waals surface area (Å²) in [6.07, 6.45) is 3.26. The number of primary amides is 1. The second-order valence-electron chi connectivity index (χ2n) is 8.88. The minimum Gasteiger partial charge on any atom is -0.351 e. The average molecular weight is 550 g/mol. The molecule has 0 unspecified atom stereocenters. The number of carbonyl (C=O) groups is 3. The highest BCUT2D eigenvalue weighted by atomic mass is 32.2. The minimum atomic E-state index is -3.66. The van der Waals surface area contributed by atoms with Crippen molar-refractivity contribution < 1.29 is 22.8 Å². The number of urea groups is 1. The summed E-state index contributed by atoms with van der Waals surface area (Å²) in [6, 6.07) is 4.77. The number of imide groups is 1. The van der Waals surface area contributed by atoms with E-state index in [-0.39, 0.29) is 16.0 Å². The van der Waals surface area contributed by atoms with E-state index >= 15 is 0 Å². The highest BCUT2D eigenvalue weighted by Crippen LogP contribution is 2.37. The van der Waals surface area contributed by atoms with Crippen LogP contribution >= 0.6 is 11.3 Å². The van der Waals surface area contributed by atoms with E-state index in [0.29, 0.717) is 31.1 Å². The summed E-state index contributed by atoms with van der Waals surface area (Å²) in [7, 11) is -3.66. The third kappa shape index (κ3) is 6.75. The molecule has 37 heavy (non-hydrogen) atoms. The molecule has 0 spiro atoms. The van der Waals surface area contributed by atoms with Crippen LogP contribution in [0.5, 0.6) is 0 Å². The molecule has 2 heterocycles. The van der Waals surface area contributed by atoms with Crippen LogP contribution in [-0.4, -0.2) is 61.6 Å². The van der Waals surface area contributed by atoms with Crippen LogP contribution in [0.2, 0.25) is 0 Å². The Hall–Kier alpha value is -2.80. The molecular formula is C25H35N5O5S2. The molecule has 0 aliphatic carbocycles. The average Bonchev–Trinajstić information content (AvgIpc) is 3.21. The minimum absolute atomic E-state index is 0.117. The molecule has 2 aromatic rings. The number of unbranched alkanes of at least 4 members (excludes halogenated alkanes) is 1. The van der Waals surface area contributed by atoms with Gasteiger partial charge < -0.3 is 11.1 Å². The van der Waals surface area contributed by atoms with Gasteiger partial charge in [0.05, 0.1) is 10.5 Å². The second kappa shape index (κ2) is 12.6. The first-order chi connectivity index (χ1) is 17.6. The smallest absolute Gasteiger partial charge is 0.319 e. The zero-order valence-corrected chi connectivity index (χ0v) is 23.1. The van der Waals surface area contributed by atoms with Crippen molar-refractivity contribution >= 4 is 44.2 Å². The SMILES string of the molecule is CCCCN(CC)S(=O)(=O)c1ccc(C(=O)Nc2sc3c(c2C(=O)NC(N)=O)CCN(CCC)C3)cc1. The lowest BCUT2D eigenvalue weighted by Gasteiger charge is -2.26. The molecule has 0 bridgehead atoms. The third-order valence-corrected chi connectivity index (χ3v) is 9.36. The van der Waals surface area contributed by atoms with Gasteiger partial charge in [-0.15, -0.1) is 11.3 Å². The van der Waals surface area contributed by atoms with Crippen LogP contribution in [0.1, 0.15) is 71.2 Å². The van der Waals surface area contributed by atoms with Crippen molar-refractivity contribution in [2.75, 3.05) is 31.5 Å². The molecule has 4 N–H and O–H groups in total. The topological polar surface area (TPSA) is 142 Å². The second-order valence-corrected chi connectivity index (χ2v) is 11.9. The van der Waals surface area contributed by atoms with Crippen molar-refractivity contribution in [3.63, 3.8) is 0 Å². The Labute approximate surface area is 222 Å². The number of rotatable bonds is 11. The van der Waals surface area contributed by atoms with Gasteiger partial charge in [0.1, 0.15) is 5.00 Å². The van der Waals surface area contributed by atoms with Crippen molar-refractivity contribution in [3.05, 3.63) is 45.8 Å². The van der Waals surface area contributed by atoms with Gasteiger partial charge in [-0.3, -0.25) is 19.8 Å². The monoisotopic (exact) mass is 549 g/mol. The number of nitrogens with one attached hydrogen (secondary N) is 2. The maximum atomic E-state index is 13.1. The molecule has 0 atom stereocenters. The number of amides is 4. The lowest BCUT2D eigenvalue weighted by molar-refractivity contribution is 0.0965. The summed E-state index contributed by atoms with van der Waals surface area (Å²) in [5.74, 6) is -1.14. The van der Waals surface area contributed by atoms with Crippen LogP contribution in [0, 0.1) is 0 Å². The molecule has 3 rings (SSSR count). The molecule has 10 nitrogen and oxygen atoms in total. The molecule has 1 aliphatic heterocycles. The summed E-state index contributed by atoms with van der Waals surface area (Å²) < 4.78 is 27.4. The number of nitrogens with two attached hydrogens (primary N) is 1. The quantitative estimate of drug-likeness (QED) is 0.392. The molecule has 0 saturated carbocycles. The van der Waals surface area contributed by atoms with E-state index in [4.69, 9.17) is 5.73 Å². The van der Waals surface area contributed by atoms with Crippen molar-refractivity contribution in [1.82, 2.24) is 14.5 Å². The van der Waals surface area contributed by atoms with Gasteiger partial charge in [-0.2, -0.15) is 4.31 Å². The Kier molecular flexibility index (Phi) is 9.82. The molecular weight excluding hydrogens is 514 g/mol. The first-order valence-corrected chi connectivity index (χ1v) is 14.8. The zero-order chi connectivity index (χ0) is 27.2. The first kappa shape index (κ1) is 28.8. The molecule has 0 saturated heterocycles. The number of hydrogen-bond acceptors (Lipinski definition) is 7. The largest absolute Gasteiger partial charge is 0.351 e. The molecule has 202 valence electrons. The van der Waals surface area contributed by atoms with E-state index in [0.717, 1.165) is 42.8 Å². The van der Waals surface area contributed by atoms with Gasteiger partial charge in [-0.05, 0) is 55.6 Å². The molecule has 4 amide bonds. The van der Waals surface area contributed by atoms with Crippen molar-refractivity contribution in [3.8, 4) is 0 Å². The summed E-state index contributed by atoms with van der Waals surface area (Å²) in [5, 5.41) is 5.24. The number of fused-ring (bicyclic) bond motifs is 1. The Morgan fingerprint density at radius 2 is 1.78 bits per heavy atom. The van der Waals surface area contributed by atoms with E-state index < -0.39 is 27.9 Å². The van der Waals surface area contributed by atoms with Gasteiger partial charge in [-0.25, -0.2) is 13.2 Å². The number of nitrogens with zero attached hydrogens (tertiary/aromatic N) is 2. The predicted molar refractivity (Wildman–Crippen MR) is 144 cm³/mol. The van der Waals surface area contributed by atoms with Crippen LogP contribution < -0.4 is 16.4 Å². The van der Waals surface area contributed by atoms with E-state index in [1.54, 1.807) is 6.92 Å². The van der Waals surface area contributed by atoms with Gasteiger partial charge >= 0.3 is 6.03 Å². The fraction of sp³-hybridized carbons (Fsp3) is 0.480. The number of sulfonamides is 1. The molecule has 0 fully saturated rings. The Balaban J connectivity index is 1.85. The van der Waals surface area contributed by atoms with Gasteiger partial charge in [0.25, 0.3) is 11.8 Å². The maximum Gasteiger partial charge on any atom is 0.319 e. The lowest BCUT2D eigenvalue weighted by Crippen LogP contribution is -2.36. The molecule has 1 aromatic heterocycles. The van der Waals surface area contributed by atoms with Gasteiger partial charge in [0.2, 0.25) is 10.0 Å². The van der Waals surface area contributed by atoms with E-state index in [9.17, 15) is 22.8 Å². The normalized spacial score (nSPS) is 13.8. The highest BCUT2D eigenvalue weighted by molar-refractivity contribution is 7.89. The molecule has 0 radical (unpaired) electrons. The highest BCUT2D eigenvalue weighted by Gasteiger charge is 2.29. The van der Waals surface area contributed by atoms with Crippen LogP contribution in [-0.2, 0) is 23.0 Å². The fourth-order valence-electron chi connectivity index (χ4n) is 4.35. The van der Waals surface area contributed by atoms with Gasteiger partial charge in [-0.1, -0.05) is 27.2 Å². The Bertz CT molecular complexity index is 1240. The Morgan fingerprint density at radius 3 is 2.38 bits per heavy atom. The standard InChI is InChI=1S/C25H35N5O5S2/c1-4-7-14-30(6-3)37(34,35)18-10-8-17(9-11-18)22(31)27-24-21(23(32)28-25(26)33)19-12-15-29(13-5-2)16-20(19)36-24/h8-11H,4-7,12-16H2,1-3H3,(H,27,31)(H3,26,28,32,33). The van der Waals surface area contributed by atoms with E-state index in [1.165, 1.54) is 39.9 Å². The van der Waals surface area contributed by atoms with Crippen LogP contribution in [0.3, 0.4) is 0 Å². The fourth-order valence-corrected chi connectivity index (χ4v) is 7.12. The zero-order valence-electron chi connectivity index (χ0n) is 21.5. The molecule has 1 aliphatic rings. The number of benzene rings is 1.